The normalized spacial score (nSPS) is 36.3. The molecular weight excluding hydrogens is 693 g/mol. The molecule has 1 unspecified atom stereocenters. The highest BCUT2D eigenvalue weighted by Gasteiger charge is 2.71. The highest BCUT2D eigenvalue weighted by molar-refractivity contribution is 6.74. The van der Waals surface area contributed by atoms with Crippen LogP contribution in [0.3, 0.4) is 0 Å². The van der Waals surface area contributed by atoms with E-state index in [-0.39, 0.29) is 26.5 Å². The predicted octanol–water partition coefficient (Wildman–Crippen LogP) is 13.9. The van der Waals surface area contributed by atoms with Gasteiger partial charge in [0.05, 0.1) is 11.4 Å². The molecule has 0 aliphatic heterocycles. The van der Waals surface area contributed by atoms with Crippen LogP contribution in [0.1, 0.15) is 134 Å². The van der Waals surface area contributed by atoms with E-state index in [1.54, 1.807) is 5.57 Å². The zero-order valence-corrected chi connectivity index (χ0v) is 41.5. The molecule has 4 saturated carbocycles. The van der Waals surface area contributed by atoms with Crippen molar-refractivity contribution in [1.29, 1.82) is 0 Å². The Kier molecular flexibility index (Phi) is 12.6. The first-order valence-corrected chi connectivity index (χ1v) is 33.2. The SMILES string of the molecule is CC[Si](CC)(CC)O[C@]12CC[C@H](CO[Si](C)(C)C(C)(C)C)[C@@]1(C)C/C(=C(/C)O[Si](C)(C)C)C1[C@@H]2CC[C@@H]2C[C@@H](O[Si](C)(C)C(C)(C)C)CC[C@]12C. The monoisotopic (exact) mass is 779 g/mol. The van der Waals surface area contributed by atoms with Crippen LogP contribution in [0.15, 0.2) is 11.3 Å². The van der Waals surface area contributed by atoms with Crippen molar-refractivity contribution >= 4 is 33.3 Å². The first kappa shape index (κ1) is 44.0. The fourth-order valence-electron chi connectivity index (χ4n) is 11.1. The van der Waals surface area contributed by atoms with Crippen molar-refractivity contribution < 1.29 is 17.7 Å². The quantitative estimate of drug-likeness (QED) is 0.146. The zero-order valence-electron chi connectivity index (χ0n) is 37.5. The molecule has 4 rings (SSSR count). The van der Waals surface area contributed by atoms with E-state index in [9.17, 15) is 0 Å². The van der Waals surface area contributed by atoms with Crippen LogP contribution in [0, 0.1) is 34.5 Å². The lowest BCUT2D eigenvalue weighted by molar-refractivity contribution is -0.184. The molecule has 0 radical (unpaired) electrons. The molecule has 0 aromatic carbocycles. The lowest BCUT2D eigenvalue weighted by Gasteiger charge is -2.67. The molecule has 0 N–H and O–H groups in total. The van der Waals surface area contributed by atoms with Crippen LogP contribution in [-0.2, 0) is 17.7 Å². The third-order valence-corrected chi connectivity index (χ3v) is 31.3. The first-order chi connectivity index (χ1) is 23.1. The number of allylic oxidation sites excluding steroid dienone is 2. The molecule has 298 valence electrons. The Morgan fingerprint density at radius 3 is 1.84 bits per heavy atom. The fraction of sp³-hybridized carbons (Fsp3) is 0.953. The van der Waals surface area contributed by atoms with Gasteiger partial charge in [-0.3, -0.25) is 0 Å². The van der Waals surface area contributed by atoms with Crippen LogP contribution < -0.4 is 0 Å². The standard InChI is InChI=1S/C43H86O4Si4/c1-20-51(21-2,22-3)47-43-28-25-34(31-44-49(16,17)39(5,6)7)42(43,12)30-36(32(4)45-48(13,14)15)38-37(43)24-23-33-29-35(26-27-41(33,38)11)46-50(18,19)40(8,9)10/h33-35,37-38H,20-31H2,1-19H3/b36-32+/t33-,34-,35+,37+,38?,41+,42-,43+/m1/s1. The highest BCUT2D eigenvalue weighted by atomic mass is 28.4. The maximum atomic E-state index is 8.24. The number of rotatable bonds is 12. The molecule has 0 spiro atoms. The van der Waals surface area contributed by atoms with Crippen molar-refractivity contribution in [2.75, 3.05) is 6.61 Å². The van der Waals surface area contributed by atoms with Crippen LogP contribution in [0.4, 0.5) is 0 Å². The van der Waals surface area contributed by atoms with Gasteiger partial charge in [-0.1, -0.05) is 76.2 Å². The van der Waals surface area contributed by atoms with Gasteiger partial charge in [0.2, 0.25) is 8.32 Å². The lowest BCUT2D eigenvalue weighted by atomic mass is 9.42. The molecule has 4 aliphatic carbocycles. The van der Waals surface area contributed by atoms with E-state index in [0.717, 1.165) is 13.0 Å². The van der Waals surface area contributed by atoms with E-state index in [1.807, 2.05) is 0 Å². The molecule has 8 atom stereocenters. The minimum atomic E-state index is -1.94. The summed E-state index contributed by atoms with van der Waals surface area (Å²) in [5, 5.41) is 0.449. The van der Waals surface area contributed by atoms with E-state index >= 15 is 0 Å². The van der Waals surface area contributed by atoms with Gasteiger partial charge in [-0.25, -0.2) is 0 Å². The van der Waals surface area contributed by atoms with Crippen molar-refractivity contribution in [3.63, 3.8) is 0 Å². The summed E-state index contributed by atoms with van der Waals surface area (Å²) in [6.07, 6.45) is 10.2. The summed E-state index contributed by atoms with van der Waals surface area (Å²) in [5.74, 6) is 3.48. The topological polar surface area (TPSA) is 36.9 Å². The summed E-state index contributed by atoms with van der Waals surface area (Å²) < 4.78 is 29.7. The van der Waals surface area contributed by atoms with Gasteiger partial charge < -0.3 is 17.7 Å². The zero-order chi connectivity index (χ0) is 38.9. The molecule has 0 saturated heterocycles. The van der Waals surface area contributed by atoms with Gasteiger partial charge in [0, 0.05) is 18.1 Å². The van der Waals surface area contributed by atoms with Gasteiger partial charge in [-0.15, -0.1) is 0 Å². The second-order valence-corrected chi connectivity index (χ2v) is 41.3. The third kappa shape index (κ3) is 8.10. The third-order valence-electron chi connectivity index (χ3n) is 16.7. The molecule has 0 heterocycles. The Morgan fingerprint density at radius 1 is 0.765 bits per heavy atom. The van der Waals surface area contributed by atoms with E-state index in [2.05, 4.69) is 129 Å². The van der Waals surface area contributed by atoms with Crippen molar-refractivity contribution in [2.24, 2.45) is 34.5 Å². The fourth-order valence-corrected chi connectivity index (χ4v) is 17.8. The molecule has 8 heteroatoms. The Balaban J connectivity index is 1.86. The maximum absolute atomic E-state index is 8.24. The molecule has 0 aromatic rings. The van der Waals surface area contributed by atoms with Crippen molar-refractivity contribution in [2.45, 2.75) is 220 Å². The van der Waals surface area contributed by atoms with Gasteiger partial charge in [-0.05, 0) is 167 Å². The van der Waals surface area contributed by atoms with Crippen LogP contribution in [0.25, 0.3) is 0 Å². The summed E-state index contributed by atoms with van der Waals surface area (Å²) in [5.41, 5.74) is 1.83. The van der Waals surface area contributed by atoms with E-state index in [1.165, 1.54) is 68.8 Å². The van der Waals surface area contributed by atoms with E-state index in [4.69, 9.17) is 17.7 Å². The van der Waals surface area contributed by atoms with Gasteiger partial charge >= 0.3 is 0 Å². The van der Waals surface area contributed by atoms with Crippen molar-refractivity contribution in [3.8, 4) is 0 Å². The predicted molar refractivity (Wildman–Crippen MR) is 230 cm³/mol. The van der Waals surface area contributed by atoms with Gasteiger partial charge in [0.15, 0.2) is 25.0 Å². The summed E-state index contributed by atoms with van der Waals surface area (Å²) in [4.78, 5) is 0. The largest absolute Gasteiger partial charge is 0.548 e. The summed E-state index contributed by atoms with van der Waals surface area (Å²) >= 11 is 0. The second-order valence-electron chi connectivity index (χ2n) is 22.6. The Bertz CT molecular complexity index is 1250. The molecular formula is C43H86O4Si4. The Morgan fingerprint density at radius 2 is 1.33 bits per heavy atom. The molecule has 0 aromatic heterocycles. The highest BCUT2D eigenvalue weighted by Crippen LogP contribution is 2.72. The minimum absolute atomic E-state index is 0.0273. The van der Waals surface area contributed by atoms with Gasteiger partial charge in [0.1, 0.15) is 0 Å². The average molecular weight is 780 g/mol. The lowest BCUT2D eigenvalue weighted by Crippen LogP contribution is -2.67. The van der Waals surface area contributed by atoms with Crippen LogP contribution in [0.5, 0.6) is 0 Å². The van der Waals surface area contributed by atoms with E-state index < -0.39 is 33.3 Å². The molecule has 51 heavy (non-hydrogen) atoms. The molecule has 0 amide bonds. The van der Waals surface area contributed by atoms with Gasteiger partial charge in [-0.2, -0.15) is 0 Å². The first-order valence-electron chi connectivity index (χ1n) is 21.5. The summed E-state index contributed by atoms with van der Waals surface area (Å²) in [7, 11) is -7.49. The average Bonchev–Trinajstić information content (AvgIpc) is 3.27. The smallest absolute Gasteiger partial charge is 0.241 e. The summed E-state index contributed by atoms with van der Waals surface area (Å²) in [6, 6.07) is 3.65. The Hall–Kier alpha value is 0.288. The molecule has 0 bridgehead atoms. The van der Waals surface area contributed by atoms with Crippen LogP contribution in [-0.4, -0.2) is 51.6 Å². The van der Waals surface area contributed by atoms with Crippen LogP contribution in [0.2, 0.25) is 74.0 Å². The van der Waals surface area contributed by atoms with Crippen molar-refractivity contribution in [3.05, 3.63) is 11.3 Å². The summed E-state index contributed by atoms with van der Waals surface area (Å²) in [6.45, 7) is 47.2. The molecule has 4 aliphatic rings. The van der Waals surface area contributed by atoms with Crippen LogP contribution >= 0.6 is 0 Å². The second kappa shape index (κ2) is 14.7. The molecule has 4 fully saturated rings. The van der Waals surface area contributed by atoms with E-state index in [0.29, 0.717) is 29.8 Å². The minimum Gasteiger partial charge on any atom is -0.548 e. The number of hydrogen-bond acceptors (Lipinski definition) is 4. The number of fused-ring (bicyclic) bond motifs is 5. The van der Waals surface area contributed by atoms with Crippen molar-refractivity contribution in [1.82, 2.24) is 0 Å². The molecule has 4 nitrogen and oxygen atoms in total. The Labute approximate surface area is 322 Å². The number of hydrogen-bond donors (Lipinski definition) is 0. The maximum Gasteiger partial charge on any atom is 0.241 e. The van der Waals surface area contributed by atoms with Gasteiger partial charge in [0.25, 0.3) is 0 Å².